The van der Waals surface area contributed by atoms with Crippen molar-refractivity contribution in [3.8, 4) is 28.7 Å². The Hall–Kier alpha value is -3.81. The van der Waals surface area contributed by atoms with Crippen LogP contribution in [0.5, 0.6) is 6.01 Å². The van der Waals surface area contributed by atoms with Crippen molar-refractivity contribution in [1.29, 1.82) is 0 Å². The Morgan fingerprint density at radius 2 is 1.79 bits per heavy atom. The van der Waals surface area contributed by atoms with E-state index < -0.39 is 5.97 Å². The molecule has 0 atom stereocenters. The summed E-state index contributed by atoms with van der Waals surface area (Å²) in [5.74, 6) is 0.302. The number of fused-ring (bicyclic) bond motifs is 1. The Morgan fingerprint density at radius 1 is 1.03 bits per heavy atom. The Balaban J connectivity index is 1.22. The predicted octanol–water partition coefficient (Wildman–Crippen LogP) is 5.06. The molecule has 0 unspecified atom stereocenters. The molecule has 1 aliphatic carbocycles. The lowest BCUT2D eigenvalue weighted by atomic mass is 9.85. The zero-order valence-corrected chi connectivity index (χ0v) is 19.1. The molecule has 1 aliphatic rings. The lowest BCUT2D eigenvalue weighted by Gasteiger charge is -2.27. The number of H-pyrrole nitrogens is 1. The van der Waals surface area contributed by atoms with Crippen LogP contribution in [0, 0.1) is 5.92 Å². The maximum atomic E-state index is 10.9. The number of rotatable bonds is 7. The molecular weight excluding hydrogens is 430 g/mol. The van der Waals surface area contributed by atoms with Crippen LogP contribution in [0.2, 0.25) is 0 Å². The first kappa shape index (κ1) is 22.0. The number of nitrogens with zero attached hydrogens (tertiary/aromatic N) is 4. The molecule has 0 radical (unpaired) electrons. The molecule has 2 N–H and O–H groups in total. The summed E-state index contributed by atoms with van der Waals surface area (Å²) in [5.41, 5.74) is 5.73. The van der Waals surface area contributed by atoms with E-state index in [4.69, 9.17) is 9.84 Å². The molecule has 174 valence electrons. The zero-order chi connectivity index (χ0) is 23.5. The van der Waals surface area contributed by atoms with Crippen LogP contribution in [0.1, 0.15) is 44.6 Å². The highest BCUT2D eigenvalue weighted by Crippen LogP contribution is 2.29. The second-order valence-corrected chi connectivity index (χ2v) is 8.84. The van der Waals surface area contributed by atoms with Crippen LogP contribution in [0.3, 0.4) is 0 Å². The van der Waals surface area contributed by atoms with Crippen molar-refractivity contribution in [1.82, 2.24) is 24.9 Å². The van der Waals surface area contributed by atoms with Crippen LogP contribution in [0.15, 0.2) is 48.9 Å². The van der Waals surface area contributed by atoms with Crippen molar-refractivity contribution in [3.63, 3.8) is 0 Å². The first-order chi connectivity index (χ1) is 16.6. The molecule has 34 heavy (non-hydrogen) atoms. The molecule has 3 aromatic heterocycles. The van der Waals surface area contributed by atoms with Crippen LogP contribution < -0.4 is 4.74 Å². The van der Waals surface area contributed by atoms with Crippen molar-refractivity contribution < 1.29 is 14.6 Å². The van der Waals surface area contributed by atoms with Crippen LogP contribution in [0.4, 0.5) is 0 Å². The maximum absolute atomic E-state index is 10.9. The number of nitrogens with one attached hydrogen (secondary N) is 1. The molecule has 5 rings (SSSR count). The topological polar surface area (TPSA) is 114 Å². The van der Waals surface area contributed by atoms with Gasteiger partial charge < -0.3 is 14.8 Å². The van der Waals surface area contributed by atoms with Gasteiger partial charge in [-0.15, -0.1) is 0 Å². The van der Waals surface area contributed by atoms with Crippen molar-refractivity contribution in [2.45, 2.75) is 51.6 Å². The monoisotopic (exact) mass is 457 g/mol. The van der Waals surface area contributed by atoms with Gasteiger partial charge in [-0.05, 0) is 67.9 Å². The Bertz CT molecular complexity index is 1280. The predicted molar refractivity (Wildman–Crippen MR) is 128 cm³/mol. The minimum atomic E-state index is -0.729. The number of benzene rings is 1. The number of carbonyl (C=O) groups is 1. The number of aromatic amines is 1. The summed E-state index contributed by atoms with van der Waals surface area (Å²) in [6.45, 7) is 2.14. The lowest BCUT2D eigenvalue weighted by Crippen LogP contribution is -2.25. The largest absolute Gasteiger partial charge is 0.481 e. The molecule has 8 nitrogen and oxygen atoms in total. The third-order valence-electron chi connectivity index (χ3n) is 6.44. The minimum Gasteiger partial charge on any atom is -0.481 e. The van der Waals surface area contributed by atoms with E-state index in [1.807, 2.05) is 18.2 Å². The zero-order valence-electron chi connectivity index (χ0n) is 19.1. The van der Waals surface area contributed by atoms with Crippen LogP contribution in [-0.2, 0) is 11.2 Å². The number of pyridine rings is 1. The number of hydrogen-bond donors (Lipinski definition) is 2. The summed E-state index contributed by atoms with van der Waals surface area (Å²) in [7, 11) is 0. The lowest BCUT2D eigenvalue weighted by molar-refractivity contribution is -0.138. The second kappa shape index (κ2) is 9.59. The van der Waals surface area contributed by atoms with Gasteiger partial charge in [0.05, 0.1) is 16.7 Å². The Kier molecular flexibility index (Phi) is 6.20. The van der Waals surface area contributed by atoms with E-state index in [0.29, 0.717) is 6.01 Å². The van der Waals surface area contributed by atoms with Gasteiger partial charge in [-0.2, -0.15) is 0 Å². The van der Waals surface area contributed by atoms with E-state index in [1.54, 1.807) is 18.6 Å². The maximum Gasteiger partial charge on any atom is 0.316 e. The van der Waals surface area contributed by atoms with Gasteiger partial charge in [0.15, 0.2) is 0 Å². The fraction of sp³-hybridized carbons (Fsp3) is 0.346. The quantitative estimate of drug-likeness (QED) is 0.399. The molecule has 1 saturated carbocycles. The van der Waals surface area contributed by atoms with Gasteiger partial charge in [0, 0.05) is 36.1 Å². The first-order valence-electron chi connectivity index (χ1n) is 11.7. The van der Waals surface area contributed by atoms with Crippen LogP contribution in [-0.4, -0.2) is 42.1 Å². The average molecular weight is 458 g/mol. The molecule has 0 aliphatic heterocycles. The normalized spacial score (nSPS) is 18.1. The van der Waals surface area contributed by atoms with Crippen LogP contribution in [0.25, 0.3) is 33.7 Å². The van der Waals surface area contributed by atoms with E-state index in [9.17, 15) is 4.79 Å². The van der Waals surface area contributed by atoms with E-state index >= 15 is 0 Å². The average Bonchev–Trinajstić information content (AvgIpc) is 3.29. The highest BCUT2D eigenvalue weighted by atomic mass is 16.5. The van der Waals surface area contributed by atoms with Crippen LogP contribution >= 0.6 is 0 Å². The standard InChI is InChI=1S/C26H27N5O3/c1-2-16-5-9-22-23(11-16)31-25(30-22)18-6-10-21(27-13-18)19-14-28-26(29-15-19)34-20-7-3-17(4-8-20)12-24(32)33/h5-6,9-11,13-15,17,20H,2-4,7-8,12H2,1H3,(H,30,31)(H,32,33). The molecule has 3 heterocycles. The van der Waals surface area contributed by atoms with E-state index in [0.717, 1.165) is 65.8 Å². The number of hydrogen-bond acceptors (Lipinski definition) is 6. The fourth-order valence-electron chi connectivity index (χ4n) is 4.48. The molecule has 1 aromatic carbocycles. The van der Waals surface area contributed by atoms with Crippen molar-refractivity contribution in [2.75, 3.05) is 0 Å². The third kappa shape index (κ3) is 4.90. The van der Waals surface area contributed by atoms with Gasteiger partial charge in [-0.3, -0.25) is 9.78 Å². The Morgan fingerprint density at radius 3 is 2.47 bits per heavy atom. The van der Waals surface area contributed by atoms with E-state index in [2.05, 4.69) is 44.0 Å². The molecule has 0 saturated heterocycles. The van der Waals surface area contributed by atoms with Crippen molar-refractivity contribution in [2.24, 2.45) is 5.92 Å². The number of carboxylic acids is 1. The number of aliphatic carboxylic acids is 1. The number of carboxylic acid groups (broad SMARTS) is 1. The van der Waals surface area contributed by atoms with Crippen molar-refractivity contribution >= 4 is 17.0 Å². The summed E-state index contributed by atoms with van der Waals surface area (Å²) < 4.78 is 5.92. The van der Waals surface area contributed by atoms with Crippen molar-refractivity contribution in [3.05, 3.63) is 54.5 Å². The van der Waals surface area contributed by atoms with Gasteiger partial charge in [0.1, 0.15) is 11.9 Å². The smallest absolute Gasteiger partial charge is 0.316 e. The summed E-state index contributed by atoms with van der Waals surface area (Å²) in [6, 6.07) is 10.5. The minimum absolute atomic E-state index is 0.0329. The molecule has 4 aromatic rings. The van der Waals surface area contributed by atoms with Gasteiger partial charge in [0.2, 0.25) is 0 Å². The third-order valence-corrected chi connectivity index (χ3v) is 6.44. The highest BCUT2D eigenvalue weighted by Gasteiger charge is 2.24. The second-order valence-electron chi connectivity index (χ2n) is 8.84. The molecule has 8 heteroatoms. The van der Waals surface area contributed by atoms with Gasteiger partial charge in [0.25, 0.3) is 0 Å². The Labute approximate surface area is 197 Å². The summed E-state index contributed by atoms with van der Waals surface area (Å²) in [6.07, 6.45) is 9.86. The molecule has 0 bridgehead atoms. The highest BCUT2D eigenvalue weighted by molar-refractivity contribution is 5.80. The number of imidazole rings is 1. The van der Waals surface area contributed by atoms with Gasteiger partial charge in [-0.25, -0.2) is 15.0 Å². The summed E-state index contributed by atoms with van der Waals surface area (Å²) in [4.78, 5) is 32.2. The SMILES string of the molecule is CCc1ccc2nc(-c3ccc(-c4cnc(OC5CCC(CC(=O)O)CC5)nc4)nc3)[nH]c2c1. The molecule has 0 amide bonds. The van der Waals surface area contributed by atoms with Gasteiger partial charge >= 0.3 is 12.0 Å². The fourth-order valence-corrected chi connectivity index (χ4v) is 4.48. The molecule has 1 fully saturated rings. The number of aryl methyl sites for hydroxylation is 1. The van der Waals surface area contributed by atoms with Gasteiger partial charge in [-0.1, -0.05) is 13.0 Å². The summed E-state index contributed by atoms with van der Waals surface area (Å²) in [5, 5.41) is 8.95. The van der Waals surface area contributed by atoms with E-state index in [1.165, 1.54) is 5.56 Å². The van der Waals surface area contributed by atoms with E-state index in [-0.39, 0.29) is 18.4 Å². The molecule has 0 spiro atoms. The molecular formula is C26H27N5O3. The summed E-state index contributed by atoms with van der Waals surface area (Å²) >= 11 is 0. The number of ether oxygens (including phenoxy) is 1. The number of aromatic nitrogens is 5. The first-order valence-corrected chi connectivity index (χ1v) is 11.7.